The number of anilines is 2. The maximum Gasteiger partial charge on any atom is 0.271 e. The molecule has 3 aromatic carbocycles. The number of hydrogen-bond donors (Lipinski definition) is 1. The monoisotopic (exact) mass is 578 g/mol. The van der Waals surface area contributed by atoms with E-state index in [1.807, 2.05) is 66.7 Å². The molecule has 3 heterocycles. The number of aromatic nitrogens is 1. The van der Waals surface area contributed by atoms with E-state index in [0.717, 1.165) is 24.1 Å². The molecule has 2 aliphatic heterocycles. The molecule has 9 heteroatoms. The Morgan fingerprint density at radius 2 is 1.79 bits per heavy atom. The van der Waals surface area contributed by atoms with Gasteiger partial charge in [-0.15, -0.1) is 0 Å². The molecule has 8 nitrogen and oxygen atoms in total. The summed E-state index contributed by atoms with van der Waals surface area (Å²) in [6.07, 6.45) is 1.79. The highest BCUT2D eigenvalue weighted by Gasteiger charge is 2.37. The second-order valence-electron chi connectivity index (χ2n) is 10.2. The summed E-state index contributed by atoms with van der Waals surface area (Å²) in [4.78, 5) is 49.0. The van der Waals surface area contributed by atoms with Crippen molar-refractivity contribution in [2.24, 2.45) is 4.99 Å². The lowest BCUT2D eigenvalue weighted by Gasteiger charge is -2.25. The second-order valence-corrected chi connectivity index (χ2v) is 11.2. The summed E-state index contributed by atoms with van der Waals surface area (Å²) in [5.74, 6) is 0.0493. The Morgan fingerprint density at radius 3 is 2.55 bits per heavy atom. The molecule has 0 spiro atoms. The average Bonchev–Trinajstić information content (AvgIpc) is 3.47. The smallest absolute Gasteiger partial charge is 0.271 e. The van der Waals surface area contributed by atoms with Gasteiger partial charge in [-0.25, -0.2) is 4.99 Å². The SMILES string of the molecule is CCCCN1C(=O)/C(=c2/sc3n(c2=O)[C@@H](c2cccc(OC)c2)C(C(=O)Nc2ccccc2)=C(C)N=3)c2ccccc21. The number of carbonyl (C=O) groups is 2. The first kappa shape index (κ1) is 27.4. The first-order valence-electron chi connectivity index (χ1n) is 13.9. The van der Waals surface area contributed by atoms with Crippen LogP contribution < -0.4 is 29.8 Å². The van der Waals surface area contributed by atoms with E-state index in [1.54, 1.807) is 35.6 Å². The van der Waals surface area contributed by atoms with Crippen LogP contribution in [0.15, 0.2) is 99.9 Å². The molecule has 6 rings (SSSR count). The fourth-order valence-electron chi connectivity index (χ4n) is 5.55. The maximum absolute atomic E-state index is 14.4. The van der Waals surface area contributed by atoms with Crippen LogP contribution in [0, 0.1) is 0 Å². The third-order valence-corrected chi connectivity index (χ3v) is 8.62. The lowest BCUT2D eigenvalue weighted by Crippen LogP contribution is -2.41. The van der Waals surface area contributed by atoms with Gasteiger partial charge in [0, 0.05) is 17.8 Å². The number of carbonyl (C=O) groups excluding carboxylic acids is 2. The number of fused-ring (bicyclic) bond motifs is 2. The van der Waals surface area contributed by atoms with E-state index in [2.05, 4.69) is 12.2 Å². The lowest BCUT2D eigenvalue weighted by molar-refractivity contribution is -0.114. The van der Waals surface area contributed by atoms with Gasteiger partial charge in [0.25, 0.3) is 17.4 Å². The van der Waals surface area contributed by atoms with E-state index < -0.39 is 6.04 Å². The van der Waals surface area contributed by atoms with E-state index in [-0.39, 0.29) is 17.4 Å². The molecule has 0 bridgehead atoms. The Labute approximate surface area is 246 Å². The largest absolute Gasteiger partial charge is 0.497 e. The van der Waals surface area contributed by atoms with E-state index in [0.29, 0.717) is 49.7 Å². The van der Waals surface area contributed by atoms with Crippen LogP contribution in [0.5, 0.6) is 5.75 Å². The fraction of sp³-hybridized carbons (Fsp3) is 0.212. The van der Waals surface area contributed by atoms with E-state index >= 15 is 0 Å². The van der Waals surface area contributed by atoms with Crippen molar-refractivity contribution in [1.82, 2.24) is 4.57 Å². The number of nitrogens with zero attached hydrogens (tertiary/aromatic N) is 3. The van der Waals surface area contributed by atoms with Crippen molar-refractivity contribution in [1.29, 1.82) is 0 Å². The minimum Gasteiger partial charge on any atom is -0.497 e. The van der Waals surface area contributed by atoms with Crippen molar-refractivity contribution in [2.75, 3.05) is 23.9 Å². The van der Waals surface area contributed by atoms with Gasteiger partial charge in [0.05, 0.1) is 35.7 Å². The van der Waals surface area contributed by atoms with E-state index in [9.17, 15) is 14.4 Å². The Morgan fingerprint density at radius 1 is 1.02 bits per heavy atom. The molecule has 2 aliphatic rings. The van der Waals surface area contributed by atoms with Crippen LogP contribution in [0.3, 0.4) is 0 Å². The molecule has 212 valence electrons. The zero-order valence-electron chi connectivity index (χ0n) is 23.6. The van der Waals surface area contributed by atoms with Crippen LogP contribution in [0.25, 0.3) is 5.57 Å². The summed E-state index contributed by atoms with van der Waals surface area (Å²) >= 11 is 1.18. The number of methoxy groups -OCH3 is 1. The number of amides is 2. The minimum atomic E-state index is -0.780. The van der Waals surface area contributed by atoms with Crippen molar-refractivity contribution >= 4 is 40.1 Å². The summed E-state index contributed by atoms with van der Waals surface area (Å²) in [6.45, 7) is 4.43. The summed E-state index contributed by atoms with van der Waals surface area (Å²) in [5, 5.41) is 2.96. The van der Waals surface area contributed by atoms with E-state index in [4.69, 9.17) is 9.73 Å². The first-order valence-corrected chi connectivity index (χ1v) is 14.7. The molecule has 1 N–H and O–H groups in total. The number of benzene rings is 3. The van der Waals surface area contributed by atoms with E-state index in [1.165, 1.54) is 11.3 Å². The van der Waals surface area contributed by atoms with Gasteiger partial charge in [-0.1, -0.05) is 73.2 Å². The number of allylic oxidation sites excluding steroid dienone is 1. The highest BCUT2D eigenvalue weighted by molar-refractivity contribution is 7.07. The molecule has 0 saturated carbocycles. The first-order chi connectivity index (χ1) is 20.4. The summed E-state index contributed by atoms with van der Waals surface area (Å²) in [7, 11) is 1.57. The Hall–Kier alpha value is -4.76. The zero-order valence-corrected chi connectivity index (χ0v) is 24.4. The average molecular weight is 579 g/mol. The van der Waals surface area contributed by atoms with Crippen LogP contribution in [0.2, 0.25) is 0 Å². The third-order valence-electron chi connectivity index (χ3n) is 7.57. The molecule has 2 amide bonds. The topological polar surface area (TPSA) is 93.0 Å². The van der Waals surface area contributed by atoms with Gasteiger partial charge in [0.1, 0.15) is 10.3 Å². The quantitative estimate of drug-likeness (QED) is 0.352. The van der Waals surface area contributed by atoms with Gasteiger partial charge in [0.2, 0.25) is 0 Å². The van der Waals surface area contributed by atoms with Crippen LogP contribution in [-0.2, 0) is 9.59 Å². The fourth-order valence-corrected chi connectivity index (χ4v) is 6.68. The molecule has 0 fully saturated rings. The van der Waals surface area contributed by atoms with Gasteiger partial charge in [0.15, 0.2) is 4.80 Å². The molecule has 42 heavy (non-hydrogen) atoms. The molecule has 1 atom stereocenters. The number of rotatable bonds is 7. The Kier molecular flexibility index (Phi) is 7.34. The summed E-state index contributed by atoms with van der Waals surface area (Å²) in [5.41, 5.74) is 3.73. The number of nitrogens with one attached hydrogen (secondary N) is 1. The van der Waals surface area contributed by atoms with Crippen LogP contribution in [-0.4, -0.2) is 30.0 Å². The standard InChI is InChI=1S/C33H30N4O4S/c1-4-5-18-36-25-17-10-9-16-24(25)27(31(36)39)29-32(40)37-28(21-12-11-15-23(19-21)41-3)26(20(2)34-33(37)42-29)30(38)35-22-13-7-6-8-14-22/h6-17,19,28H,4-5,18H2,1-3H3,(H,35,38)/b29-27+/t28-/m0/s1. The molecule has 1 aromatic heterocycles. The lowest BCUT2D eigenvalue weighted by atomic mass is 9.95. The molecule has 0 aliphatic carbocycles. The molecule has 0 radical (unpaired) electrons. The van der Waals surface area contributed by atoms with Crippen LogP contribution in [0.1, 0.15) is 43.9 Å². The van der Waals surface area contributed by atoms with Crippen molar-refractivity contribution in [2.45, 2.75) is 32.7 Å². The number of para-hydroxylation sites is 2. The molecular formula is C33H30N4O4S. The number of ether oxygens (including phenoxy) is 1. The van der Waals surface area contributed by atoms with Gasteiger partial charge < -0.3 is 15.0 Å². The van der Waals surface area contributed by atoms with Crippen LogP contribution in [0.4, 0.5) is 11.4 Å². The number of thiazole rings is 1. The number of unbranched alkanes of at least 4 members (excludes halogenated alkanes) is 1. The third kappa shape index (κ3) is 4.65. The molecule has 0 unspecified atom stereocenters. The van der Waals surface area contributed by atoms with Gasteiger partial charge in [-0.05, 0) is 49.2 Å². The molecular weight excluding hydrogens is 548 g/mol. The van der Waals surface area contributed by atoms with Crippen molar-refractivity contribution in [3.8, 4) is 5.75 Å². The maximum atomic E-state index is 14.4. The number of hydrogen-bond acceptors (Lipinski definition) is 6. The Bertz CT molecular complexity index is 1920. The van der Waals surface area contributed by atoms with Crippen molar-refractivity contribution < 1.29 is 14.3 Å². The van der Waals surface area contributed by atoms with Gasteiger partial charge >= 0.3 is 0 Å². The highest BCUT2D eigenvalue weighted by Crippen LogP contribution is 2.36. The zero-order chi connectivity index (χ0) is 29.4. The molecule has 0 saturated heterocycles. The predicted octanol–water partition coefficient (Wildman–Crippen LogP) is 4.40. The van der Waals surface area contributed by atoms with Crippen LogP contribution >= 0.6 is 11.3 Å². The predicted molar refractivity (Wildman–Crippen MR) is 164 cm³/mol. The summed E-state index contributed by atoms with van der Waals surface area (Å²) in [6, 6.07) is 23.3. The molecule has 4 aromatic rings. The normalized spacial score (nSPS) is 17.1. The Balaban J connectivity index is 1.57. The van der Waals surface area contributed by atoms with Crippen molar-refractivity contribution in [3.63, 3.8) is 0 Å². The van der Waals surface area contributed by atoms with Crippen molar-refractivity contribution in [3.05, 3.63) is 121 Å². The van der Waals surface area contributed by atoms with Gasteiger partial charge in [-0.3, -0.25) is 19.0 Å². The van der Waals surface area contributed by atoms with Gasteiger partial charge in [-0.2, -0.15) is 0 Å². The summed E-state index contributed by atoms with van der Waals surface area (Å²) < 4.78 is 7.34. The second kappa shape index (κ2) is 11.3. The highest BCUT2D eigenvalue weighted by atomic mass is 32.1. The minimum absolute atomic E-state index is 0.189.